The summed E-state index contributed by atoms with van der Waals surface area (Å²) in [6.45, 7) is 0. The van der Waals surface area contributed by atoms with Crippen LogP contribution in [-0.2, 0) is 0 Å². The number of phenols is 1. The zero-order valence-electron chi connectivity index (χ0n) is 10.5. The lowest BCUT2D eigenvalue weighted by Crippen LogP contribution is -1.94. The lowest BCUT2D eigenvalue weighted by atomic mass is 10.2. The van der Waals surface area contributed by atoms with Crippen LogP contribution in [0, 0.1) is 4.77 Å². The topological polar surface area (TPSA) is 79.3 Å². The van der Waals surface area contributed by atoms with Crippen LogP contribution in [0.5, 0.6) is 5.75 Å². The predicted molar refractivity (Wildman–Crippen MR) is 83.9 cm³/mol. The lowest BCUT2D eigenvalue weighted by Gasteiger charge is -2.00. The number of aromatic amines is 1. The number of aromatic hydroxyl groups is 1. The highest BCUT2D eigenvalue weighted by atomic mass is 79.9. The van der Waals surface area contributed by atoms with Gasteiger partial charge in [0.05, 0.1) is 12.5 Å². The molecule has 0 radical (unpaired) electrons. The Morgan fingerprint density at radius 2 is 2.29 bits per heavy atom. The van der Waals surface area contributed by atoms with Gasteiger partial charge in [0, 0.05) is 10.0 Å². The third-order valence-electron chi connectivity index (χ3n) is 2.69. The van der Waals surface area contributed by atoms with E-state index >= 15 is 0 Å². The largest absolute Gasteiger partial charge is 0.507 e. The first-order valence-corrected chi connectivity index (χ1v) is 7.09. The summed E-state index contributed by atoms with van der Waals surface area (Å²) in [4.78, 5) is 0. The Morgan fingerprint density at radius 1 is 1.43 bits per heavy atom. The molecule has 0 aliphatic rings. The van der Waals surface area contributed by atoms with Crippen LogP contribution in [0.2, 0.25) is 0 Å². The molecule has 1 aromatic carbocycles. The molecular weight excluding hydrogens is 356 g/mol. The summed E-state index contributed by atoms with van der Waals surface area (Å²) in [5, 5.41) is 20.8. The fourth-order valence-corrected chi connectivity index (χ4v) is 2.27. The quantitative estimate of drug-likeness (QED) is 0.550. The third kappa shape index (κ3) is 2.81. The smallest absolute Gasteiger partial charge is 0.219 e. The van der Waals surface area contributed by atoms with Crippen LogP contribution in [-0.4, -0.2) is 26.2 Å². The van der Waals surface area contributed by atoms with Gasteiger partial charge in [0.2, 0.25) is 10.6 Å². The van der Waals surface area contributed by atoms with Gasteiger partial charge in [0.1, 0.15) is 5.75 Å². The highest BCUT2D eigenvalue weighted by Crippen LogP contribution is 2.21. The Kier molecular flexibility index (Phi) is 3.72. The Hall–Kier alpha value is -2.19. The highest BCUT2D eigenvalue weighted by molar-refractivity contribution is 9.10. The number of rotatable bonds is 3. The summed E-state index contributed by atoms with van der Waals surface area (Å²) < 4.78 is 7.88. The highest BCUT2D eigenvalue weighted by Gasteiger charge is 2.10. The average Bonchev–Trinajstić information content (AvgIpc) is 3.09. The Bertz CT molecular complexity index is 851. The molecule has 0 saturated heterocycles. The van der Waals surface area contributed by atoms with E-state index in [2.05, 4.69) is 31.2 Å². The Labute approximate surface area is 132 Å². The molecule has 0 aliphatic heterocycles. The summed E-state index contributed by atoms with van der Waals surface area (Å²) in [5.41, 5.74) is 0.554. The molecular formula is C13H9BrN4O2S. The zero-order chi connectivity index (χ0) is 14.8. The van der Waals surface area contributed by atoms with Crippen molar-refractivity contribution >= 4 is 34.4 Å². The van der Waals surface area contributed by atoms with E-state index in [1.807, 2.05) is 0 Å². The Morgan fingerprint density at radius 3 is 3.05 bits per heavy atom. The number of furan rings is 1. The molecule has 106 valence electrons. The van der Waals surface area contributed by atoms with Crippen molar-refractivity contribution in [3.8, 4) is 17.3 Å². The zero-order valence-corrected chi connectivity index (χ0v) is 12.9. The number of aromatic nitrogens is 3. The maximum Gasteiger partial charge on any atom is 0.219 e. The van der Waals surface area contributed by atoms with Gasteiger partial charge in [-0.25, -0.2) is 5.10 Å². The fourth-order valence-electron chi connectivity index (χ4n) is 1.71. The van der Waals surface area contributed by atoms with Gasteiger partial charge in [-0.3, -0.25) is 0 Å². The number of hydrogen-bond donors (Lipinski definition) is 2. The summed E-state index contributed by atoms with van der Waals surface area (Å²) >= 11 is 8.48. The fraction of sp³-hybridized carbons (Fsp3) is 0. The molecule has 3 rings (SSSR count). The number of halogens is 1. The third-order valence-corrected chi connectivity index (χ3v) is 3.45. The molecule has 2 N–H and O–H groups in total. The van der Waals surface area contributed by atoms with Crippen LogP contribution in [0.25, 0.3) is 11.6 Å². The maximum atomic E-state index is 9.80. The van der Waals surface area contributed by atoms with E-state index in [0.717, 1.165) is 4.47 Å². The van der Waals surface area contributed by atoms with Crippen LogP contribution in [0.3, 0.4) is 0 Å². The van der Waals surface area contributed by atoms with Crippen LogP contribution in [0.4, 0.5) is 0 Å². The van der Waals surface area contributed by atoms with Crippen LogP contribution < -0.4 is 0 Å². The van der Waals surface area contributed by atoms with Crippen molar-refractivity contribution in [3.05, 3.63) is 51.4 Å². The van der Waals surface area contributed by atoms with Crippen molar-refractivity contribution in [3.63, 3.8) is 0 Å². The summed E-state index contributed by atoms with van der Waals surface area (Å²) in [6, 6.07) is 8.57. The molecule has 0 aliphatic carbocycles. The van der Waals surface area contributed by atoms with Crippen molar-refractivity contribution in [1.82, 2.24) is 14.9 Å². The molecule has 0 saturated carbocycles. The normalized spacial score (nSPS) is 11.3. The van der Waals surface area contributed by atoms with Crippen LogP contribution in [0.15, 0.2) is 50.6 Å². The summed E-state index contributed by atoms with van der Waals surface area (Å²) in [7, 11) is 0. The number of hydrogen-bond acceptors (Lipinski definition) is 5. The first-order chi connectivity index (χ1) is 10.1. The van der Waals surface area contributed by atoms with Gasteiger partial charge in [0.15, 0.2) is 5.76 Å². The van der Waals surface area contributed by atoms with Crippen molar-refractivity contribution in [2.45, 2.75) is 0 Å². The van der Waals surface area contributed by atoms with Crippen molar-refractivity contribution in [1.29, 1.82) is 0 Å². The van der Waals surface area contributed by atoms with E-state index in [0.29, 0.717) is 21.9 Å². The molecule has 0 spiro atoms. The SMILES string of the molecule is Oc1ccc(Br)cc1C=Nn1c(-c2ccco2)n[nH]c1=S. The second-order valence-corrected chi connectivity index (χ2v) is 5.39. The van der Waals surface area contributed by atoms with Crippen molar-refractivity contribution in [2.24, 2.45) is 5.10 Å². The number of nitrogens with one attached hydrogen (secondary N) is 1. The van der Waals surface area contributed by atoms with Gasteiger partial charge in [-0.15, -0.1) is 5.10 Å². The standard InChI is InChI=1S/C13H9BrN4O2S/c14-9-3-4-10(19)8(6-9)7-15-18-12(16-17-13(18)21)11-2-1-5-20-11/h1-7,19H,(H,17,21). The van der Waals surface area contributed by atoms with Crippen LogP contribution >= 0.6 is 28.1 Å². The first-order valence-electron chi connectivity index (χ1n) is 5.89. The predicted octanol–water partition coefficient (Wildman–Crippen LogP) is 3.55. The number of benzene rings is 1. The van der Waals surface area contributed by atoms with Gasteiger partial charge >= 0.3 is 0 Å². The van der Waals surface area contributed by atoms with E-state index in [-0.39, 0.29) is 5.75 Å². The molecule has 0 fully saturated rings. The van der Waals surface area contributed by atoms with Gasteiger partial charge in [-0.2, -0.15) is 9.78 Å². The molecule has 6 nitrogen and oxygen atoms in total. The molecule has 2 aromatic heterocycles. The van der Waals surface area contributed by atoms with E-state index in [1.165, 1.54) is 10.9 Å². The number of H-pyrrole nitrogens is 1. The molecule has 3 aromatic rings. The molecule has 21 heavy (non-hydrogen) atoms. The monoisotopic (exact) mass is 364 g/mol. The maximum absolute atomic E-state index is 9.80. The lowest BCUT2D eigenvalue weighted by molar-refractivity contribution is 0.474. The minimum absolute atomic E-state index is 0.122. The summed E-state index contributed by atoms with van der Waals surface area (Å²) in [6.07, 6.45) is 3.04. The van der Waals surface area contributed by atoms with Gasteiger partial charge in [-0.1, -0.05) is 15.9 Å². The number of nitrogens with zero attached hydrogens (tertiary/aromatic N) is 3. The van der Waals surface area contributed by atoms with E-state index in [1.54, 1.807) is 36.6 Å². The number of phenolic OH excluding ortho intramolecular Hbond substituents is 1. The van der Waals surface area contributed by atoms with Crippen molar-refractivity contribution < 1.29 is 9.52 Å². The van der Waals surface area contributed by atoms with Gasteiger partial charge < -0.3 is 9.52 Å². The summed E-state index contributed by atoms with van der Waals surface area (Å²) in [5.74, 6) is 1.12. The molecule has 2 heterocycles. The van der Waals surface area contributed by atoms with Gasteiger partial charge in [0.25, 0.3) is 0 Å². The van der Waals surface area contributed by atoms with Crippen molar-refractivity contribution in [2.75, 3.05) is 0 Å². The Balaban J connectivity index is 2.02. The first kappa shape index (κ1) is 13.8. The molecule has 0 amide bonds. The molecule has 0 bridgehead atoms. The minimum atomic E-state index is 0.122. The van der Waals surface area contributed by atoms with E-state index in [4.69, 9.17) is 16.6 Å². The molecule has 8 heteroatoms. The second kappa shape index (κ2) is 5.66. The van der Waals surface area contributed by atoms with Gasteiger partial charge in [-0.05, 0) is 42.5 Å². The average molecular weight is 365 g/mol. The van der Waals surface area contributed by atoms with E-state index < -0.39 is 0 Å². The molecule has 0 atom stereocenters. The second-order valence-electron chi connectivity index (χ2n) is 4.09. The van der Waals surface area contributed by atoms with E-state index in [9.17, 15) is 5.11 Å². The van der Waals surface area contributed by atoms with Crippen LogP contribution in [0.1, 0.15) is 5.56 Å². The molecule has 0 unspecified atom stereocenters. The minimum Gasteiger partial charge on any atom is -0.507 e.